The number of ether oxygens (including phenoxy) is 3. The maximum atomic E-state index is 13.9. The Kier molecular flexibility index (Phi) is 11.2. The summed E-state index contributed by atoms with van der Waals surface area (Å²) in [6, 6.07) is 15.8. The number of sulfonamides is 1. The lowest BCUT2D eigenvalue weighted by atomic mass is 9.74. The summed E-state index contributed by atoms with van der Waals surface area (Å²) in [6.07, 6.45) is 0.226. The van der Waals surface area contributed by atoms with Gasteiger partial charge in [0.05, 0.1) is 25.2 Å². The molecule has 1 saturated heterocycles. The lowest BCUT2D eigenvalue weighted by Crippen LogP contribution is -2.61. The maximum absolute atomic E-state index is 13.9. The van der Waals surface area contributed by atoms with E-state index < -0.39 is 51.3 Å². The van der Waals surface area contributed by atoms with E-state index in [-0.39, 0.29) is 25.5 Å². The van der Waals surface area contributed by atoms with Crippen LogP contribution in [0.1, 0.15) is 58.1 Å². The molecule has 0 radical (unpaired) electrons. The summed E-state index contributed by atoms with van der Waals surface area (Å²) in [5, 5.41) is 5.20. The van der Waals surface area contributed by atoms with E-state index >= 15 is 0 Å². The third-order valence-corrected chi connectivity index (χ3v) is 9.59. The molecule has 2 heterocycles. The van der Waals surface area contributed by atoms with Crippen molar-refractivity contribution in [2.24, 2.45) is 0 Å². The number of piperidine rings is 1. The molecule has 2 aliphatic heterocycles. The van der Waals surface area contributed by atoms with Crippen molar-refractivity contribution in [2.45, 2.75) is 76.9 Å². The molecule has 256 valence electrons. The van der Waals surface area contributed by atoms with Crippen LogP contribution in [0.4, 0.5) is 10.5 Å². The second-order valence-corrected chi connectivity index (χ2v) is 14.4. The van der Waals surface area contributed by atoms with Crippen molar-refractivity contribution in [3.05, 3.63) is 65.7 Å². The zero-order valence-corrected chi connectivity index (χ0v) is 28.3. The monoisotopic (exact) mass is 672 g/mol. The lowest BCUT2D eigenvalue weighted by molar-refractivity contribution is -0.164. The predicted octanol–water partition coefficient (Wildman–Crippen LogP) is 2.83. The van der Waals surface area contributed by atoms with Crippen molar-refractivity contribution in [1.29, 1.82) is 0 Å². The van der Waals surface area contributed by atoms with E-state index in [4.69, 9.17) is 14.2 Å². The Balaban J connectivity index is 1.44. The number of hydrogen-bond donors (Lipinski definition) is 2. The first-order chi connectivity index (χ1) is 22.1. The number of amides is 3. The van der Waals surface area contributed by atoms with Crippen molar-refractivity contribution in [3.8, 4) is 0 Å². The minimum atomic E-state index is -3.49. The SMILES string of the molecule is CCC(=O)OC(C)OC(=O)NC(C)(C)C(=O)NC(COCc1ccccc1)C(=O)N1CCC2(CC1)CN(S(C)(=O)=O)c1ccccc12. The number of benzene rings is 2. The Hall–Kier alpha value is -4.17. The summed E-state index contributed by atoms with van der Waals surface area (Å²) in [5.74, 6) is -1.56. The van der Waals surface area contributed by atoms with E-state index in [9.17, 15) is 27.6 Å². The van der Waals surface area contributed by atoms with Crippen LogP contribution in [0.25, 0.3) is 0 Å². The molecule has 4 rings (SSSR count). The first-order valence-corrected chi connectivity index (χ1v) is 17.5. The van der Waals surface area contributed by atoms with Gasteiger partial charge in [-0.2, -0.15) is 0 Å². The van der Waals surface area contributed by atoms with Crippen LogP contribution >= 0.6 is 0 Å². The van der Waals surface area contributed by atoms with Gasteiger partial charge in [0.25, 0.3) is 0 Å². The lowest BCUT2D eigenvalue weighted by Gasteiger charge is -2.41. The quantitative estimate of drug-likeness (QED) is 0.255. The molecule has 0 aliphatic carbocycles. The molecule has 3 amide bonds. The van der Waals surface area contributed by atoms with Crippen LogP contribution in [0.2, 0.25) is 0 Å². The molecule has 2 unspecified atom stereocenters. The van der Waals surface area contributed by atoms with E-state index in [1.165, 1.54) is 31.3 Å². The fourth-order valence-electron chi connectivity index (χ4n) is 5.85. The minimum Gasteiger partial charge on any atom is -0.425 e. The van der Waals surface area contributed by atoms with Crippen molar-refractivity contribution in [3.63, 3.8) is 0 Å². The fourth-order valence-corrected chi connectivity index (χ4v) is 6.85. The second kappa shape index (κ2) is 14.7. The van der Waals surface area contributed by atoms with Crippen molar-refractivity contribution in [2.75, 3.05) is 36.8 Å². The Morgan fingerprint density at radius 1 is 0.979 bits per heavy atom. The number of likely N-dealkylation sites (tertiary alicyclic amines) is 1. The highest BCUT2D eigenvalue weighted by molar-refractivity contribution is 7.92. The Bertz CT molecular complexity index is 1560. The number of rotatable bonds is 12. The van der Waals surface area contributed by atoms with Gasteiger partial charge in [-0.3, -0.25) is 18.7 Å². The summed E-state index contributed by atoms with van der Waals surface area (Å²) in [5.41, 5.74) is 0.557. The number of nitrogens with one attached hydrogen (secondary N) is 2. The number of carbonyl (C=O) groups is 4. The average Bonchev–Trinajstić information content (AvgIpc) is 3.35. The van der Waals surface area contributed by atoms with Gasteiger partial charge in [0, 0.05) is 38.4 Å². The number of nitrogens with zero attached hydrogens (tertiary/aromatic N) is 2. The summed E-state index contributed by atoms with van der Waals surface area (Å²) >= 11 is 0. The van der Waals surface area contributed by atoms with Crippen LogP contribution in [-0.2, 0) is 50.6 Å². The molecular formula is C33H44N4O9S. The standard InChI is InChI=1S/C33H44N4O9S/c1-6-28(38)45-23(2)46-31(41)35-32(3,4)30(40)34-26(21-44-20-24-12-8-7-9-13-24)29(39)36-18-16-33(17-19-36)22-37(47(5,42)43)27-15-11-10-14-25(27)33/h7-15,23,26H,6,16-22H2,1-5H3,(H,34,40)(H,35,41). The summed E-state index contributed by atoms with van der Waals surface area (Å²) in [6.45, 7) is 6.97. The van der Waals surface area contributed by atoms with Crippen LogP contribution in [0.15, 0.2) is 54.6 Å². The number of esters is 1. The van der Waals surface area contributed by atoms with Gasteiger partial charge >= 0.3 is 12.1 Å². The van der Waals surface area contributed by atoms with E-state index in [1.807, 2.05) is 54.6 Å². The smallest absolute Gasteiger partial charge is 0.411 e. The molecule has 14 heteroatoms. The number of alkyl carbamates (subject to hydrolysis) is 1. The van der Waals surface area contributed by atoms with Gasteiger partial charge in [0.15, 0.2) is 0 Å². The summed E-state index contributed by atoms with van der Waals surface area (Å²) in [7, 11) is -3.49. The van der Waals surface area contributed by atoms with Crippen LogP contribution in [0.5, 0.6) is 0 Å². The van der Waals surface area contributed by atoms with E-state index in [0.29, 0.717) is 38.2 Å². The zero-order chi connectivity index (χ0) is 34.4. The van der Waals surface area contributed by atoms with Gasteiger partial charge in [-0.1, -0.05) is 55.5 Å². The van der Waals surface area contributed by atoms with Crippen LogP contribution in [-0.4, -0.2) is 87.6 Å². The largest absolute Gasteiger partial charge is 0.425 e. The molecule has 0 aromatic heterocycles. The van der Waals surface area contributed by atoms with E-state index in [1.54, 1.807) is 11.8 Å². The molecule has 13 nitrogen and oxygen atoms in total. The zero-order valence-electron chi connectivity index (χ0n) is 27.5. The van der Waals surface area contributed by atoms with Crippen molar-refractivity contribution >= 4 is 39.6 Å². The Morgan fingerprint density at radius 2 is 1.62 bits per heavy atom. The highest BCUT2D eigenvalue weighted by atomic mass is 32.2. The molecule has 2 atom stereocenters. The molecule has 0 saturated carbocycles. The van der Waals surface area contributed by atoms with Gasteiger partial charge in [-0.25, -0.2) is 13.2 Å². The van der Waals surface area contributed by atoms with Crippen molar-refractivity contribution < 1.29 is 41.8 Å². The number of fused-ring (bicyclic) bond motifs is 2. The Morgan fingerprint density at radius 3 is 2.26 bits per heavy atom. The predicted molar refractivity (Wildman–Crippen MR) is 174 cm³/mol. The third-order valence-electron chi connectivity index (χ3n) is 8.46. The minimum absolute atomic E-state index is 0.107. The second-order valence-electron chi connectivity index (χ2n) is 12.5. The Labute approximate surface area is 276 Å². The fraction of sp³-hybridized carbons (Fsp3) is 0.515. The van der Waals surface area contributed by atoms with E-state index in [2.05, 4.69) is 10.6 Å². The molecular weight excluding hydrogens is 628 g/mol. The number of carbonyl (C=O) groups excluding carboxylic acids is 4. The number of para-hydroxylation sites is 1. The normalized spacial score (nSPS) is 17.0. The molecule has 2 aromatic rings. The van der Waals surface area contributed by atoms with Crippen molar-refractivity contribution in [1.82, 2.24) is 15.5 Å². The van der Waals surface area contributed by atoms with Crippen LogP contribution < -0.4 is 14.9 Å². The summed E-state index contributed by atoms with van der Waals surface area (Å²) < 4.78 is 42.5. The van der Waals surface area contributed by atoms with Gasteiger partial charge in [-0.15, -0.1) is 0 Å². The molecule has 2 aliphatic rings. The molecule has 1 fully saturated rings. The topological polar surface area (TPSA) is 161 Å². The van der Waals surface area contributed by atoms with Gasteiger partial charge in [-0.05, 0) is 43.9 Å². The first kappa shape index (κ1) is 35.7. The number of anilines is 1. The van der Waals surface area contributed by atoms with Crippen LogP contribution in [0, 0.1) is 0 Å². The molecule has 0 bridgehead atoms. The highest BCUT2D eigenvalue weighted by Crippen LogP contribution is 2.47. The van der Waals surface area contributed by atoms with E-state index in [0.717, 1.165) is 11.1 Å². The molecule has 2 N–H and O–H groups in total. The maximum Gasteiger partial charge on any atom is 0.411 e. The van der Waals surface area contributed by atoms with Gasteiger partial charge in [0.1, 0.15) is 11.6 Å². The van der Waals surface area contributed by atoms with Gasteiger partial charge in [0.2, 0.25) is 28.1 Å². The average molecular weight is 673 g/mol. The highest BCUT2D eigenvalue weighted by Gasteiger charge is 2.48. The summed E-state index contributed by atoms with van der Waals surface area (Å²) in [4.78, 5) is 53.0. The first-order valence-electron chi connectivity index (χ1n) is 15.6. The molecule has 47 heavy (non-hydrogen) atoms. The van der Waals surface area contributed by atoms with Gasteiger partial charge < -0.3 is 29.7 Å². The van der Waals surface area contributed by atoms with Crippen LogP contribution in [0.3, 0.4) is 0 Å². The third kappa shape index (κ3) is 8.80. The molecule has 2 aromatic carbocycles. The number of hydrogen-bond acceptors (Lipinski definition) is 9. The molecule has 1 spiro atoms.